The van der Waals surface area contributed by atoms with Gasteiger partial charge in [-0.3, -0.25) is 4.79 Å². The summed E-state index contributed by atoms with van der Waals surface area (Å²) >= 11 is 5.67. The lowest BCUT2D eigenvalue weighted by molar-refractivity contribution is 0.0798. The molecule has 1 fully saturated rings. The molecule has 2 unspecified atom stereocenters. The molecule has 2 nitrogen and oxygen atoms in total. The Morgan fingerprint density at radius 1 is 1.59 bits per heavy atom. The van der Waals surface area contributed by atoms with Crippen molar-refractivity contribution < 1.29 is 9.18 Å². The molecule has 2 rings (SSSR count). The maximum absolute atomic E-state index is 13.7. The molecule has 4 heteroatoms. The summed E-state index contributed by atoms with van der Waals surface area (Å²) in [5.41, 5.74) is 5.41. The van der Waals surface area contributed by atoms with Crippen molar-refractivity contribution in [1.29, 1.82) is 0 Å². The lowest BCUT2D eigenvalue weighted by Crippen LogP contribution is -2.41. The van der Waals surface area contributed by atoms with Crippen molar-refractivity contribution in [3.05, 3.63) is 34.6 Å². The molecule has 1 aliphatic carbocycles. The van der Waals surface area contributed by atoms with Crippen LogP contribution in [0.1, 0.15) is 36.5 Å². The predicted molar refractivity (Wildman–Crippen MR) is 65.7 cm³/mol. The zero-order chi connectivity index (χ0) is 12.6. The highest BCUT2D eigenvalue weighted by Gasteiger charge is 2.43. The van der Waals surface area contributed by atoms with Crippen LogP contribution in [0.4, 0.5) is 4.39 Å². The average Bonchev–Trinajstić information content (AvgIpc) is 2.60. The van der Waals surface area contributed by atoms with Crippen LogP contribution in [0, 0.1) is 11.2 Å². The summed E-state index contributed by atoms with van der Waals surface area (Å²) in [6, 6.07) is 3.95. The summed E-state index contributed by atoms with van der Waals surface area (Å²) in [6.45, 7) is 1.82. The van der Waals surface area contributed by atoms with E-state index in [9.17, 15) is 9.18 Å². The first-order valence-electron chi connectivity index (χ1n) is 5.70. The van der Waals surface area contributed by atoms with E-state index < -0.39 is 11.2 Å². The summed E-state index contributed by atoms with van der Waals surface area (Å²) in [6.07, 6.45) is 2.45. The van der Waals surface area contributed by atoms with Gasteiger partial charge in [0.05, 0.1) is 5.56 Å². The van der Waals surface area contributed by atoms with E-state index in [-0.39, 0.29) is 17.4 Å². The Balaban J connectivity index is 2.37. The second-order valence-electron chi connectivity index (χ2n) is 4.87. The summed E-state index contributed by atoms with van der Waals surface area (Å²) in [5.74, 6) is -0.778. The molecule has 2 atom stereocenters. The number of hydrogen-bond acceptors (Lipinski definition) is 2. The maximum Gasteiger partial charge on any atom is 0.173 e. The molecule has 0 amide bonds. The summed E-state index contributed by atoms with van der Waals surface area (Å²) in [7, 11) is 0. The minimum Gasteiger partial charge on any atom is -0.327 e. The van der Waals surface area contributed by atoms with Crippen molar-refractivity contribution >= 4 is 17.4 Å². The van der Waals surface area contributed by atoms with Gasteiger partial charge in [-0.2, -0.15) is 0 Å². The third-order valence-electron chi connectivity index (χ3n) is 3.72. The fraction of sp³-hybridized carbons (Fsp3) is 0.462. The Labute approximate surface area is 105 Å². The standard InChI is InChI=1S/C13H15ClFNO/c1-13(6-2-3-11(13)16)12(17)9-5-4-8(14)7-10(9)15/h4-5,7,11H,2-3,6,16H2,1H3. The third kappa shape index (κ3) is 2.09. The van der Waals surface area contributed by atoms with Crippen LogP contribution >= 0.6 is 11.6 Å². The van der Waals surface area contributed by atoms with Crippen molar-refractivity contribution in [2.45, 2.75) is 32.2 Å². The average molecular weight is 256 g/mol. The van der Waals surface area contributed by atoms with Gasteiger partial charge in [-0.25, -0.2) is 4.39 Å². The number of benzene rings is 1. The van der Waals surface area contributed by atoms with Crippen molar-refractivity contribution in [1.82, 2.24) is 0 Å². The summed E-state index contributed by atoms with van der Waals surface area (Å²) in [4.78, 5) is 12.3. The normalized spacial score (nSPS) is 28.4. The lowest BCUT2D eigenvalue weighted by atomic mass is 9.78. The van der Waals surface area contributed by atoms with Crippen LogP contribution in [0.15, 0.2) is 18.2 Å². The first kappa shape index (κ1) is 12.5. The number of ketones is 1. The van der Waals surface area contributed by atoms with Crippen LogP contribution < -0.4 is 5.73 Å². The topological polar surface area (TPSA) is 43.1 Å². The highest BCUT2D eigenvalue weighted by atomic mass is 35.5. The number of halogens is 2. The smallest absolute Gasteiger partial charge is 0.173 e. The van der Waals surface area contributed by atoms with Crippen LogP contribution in [0.2, 0.25) is 5.02 Å². The molecule has 0 spiro atoms. The number of carbonyl (C=O) groups is 1. The van der Waals surface area contributed by atoms with Crippen molar-refractivity contribution in [2.75, 3.05) is 0 Å². The van der Waals surface area contributed by atoms with Gasteiger partial charge < -0.3 is 5.73 Å². The second-order valence-corrected chi connectivity index (χ2v) is 5.31. The molecular weight excluding hydrogens is 241 g/mol. The highest BCUT2D eigenvalue weighted by Crippen LogP contribution is 2.40. The molecule has 0 aliphatic heterocycles. The molecule has 0 heterocycles. The monoisotopic (exact) mass is 255 g/mol. The number of carbonyl (C=O) groups excluding carboxylic acids is 1. The Bertz CT molecular complexity index is 463. The van der Waals surface area contributed by atoms with Gasteiger partial charge >= 0.3 is 0 Å². The molecule has 1 saturated carbocycles. The molecule has 0 saturated heterocycles. The fourth-order valence-electron chi connectivity index (χ4n) is 2.46. The van der Waals surface area contributed by atoms with Crippen LogP contribution in [0.3, 0.4) is 0 Å². The van der Waals surface area contributed by atoms with E-state index in [1.54, 1.807) is 0 Å². The van der Waals surface area contributed by atoms with Gasteiger partial charge in [0, 0.05) is 16.5 Å². The first-order valence-corrected chi connectivity index (χ1v) is 6.08. The largest absolute Gasteiger partial charge is 0.327 e. The number of nitrogens with two attached hydrogens (primary N) is 1. The van der Waals surface area contributed by atoms with Gasteiger partial charge in [-0.05, 0) is 31.0 Å². The number of rotatable bonds is 2. The molecule has 17 heavy (non-hydrogen) atoms. The van der Waals surface area contributed by atoms with Gasteiger partial charge in [-0.1, -0.05) is 24.9 Å². The fourth-order valence-corrected chi connectivity index (χ4v) is 2.62. The Kier molecular flexibility index (Phi) is 3.23. The third-order valence-corrected chi connectivity index (χ3v) is 3.96. The van der Waals surface area contributed by atoms with Crippen LogP contribution in [0.5, 0.6) is 0 Å². The number of hydrogen-bond donors (Lipinski definition) is 1. The molecular formula is C13H15ClFNO. The van der Waals surface area contributed by atoms with Gasteiger partial charge in [0.15, 0.2) is 5.78 Å². The highest BCUT2D eigenvalue weighted by molar-refractivity contribution is 6.30. The summed E-state index contributed by atoms with van der Waals surface area (Å²) < 4.78 is 13.7. The first-order chi connectivity index (χ1) is 7.95. The molecule has 0 bridgehead atoms. The Morgan fingerprint density at radius 2 is 2.29 bits per heavy atom. The maximum atomic E-state index is 13.7. The zero-order valence-corrected chi connectivity index (χ0v) is 10.4. The van der Waals surface area contributed by atoms with E-state index in [1.165, 1.54) is 18.2 Å². The minimum atomic E-state index is -0.644. The van der Waals surface area contributed by atoms with E-state index in [4.69, 9.17) is 17.3 Å². The van der Waals surface area contributed by atoms with Crippen molar-refractivity contribution in [3.63, 3.8) is 0 Å². The molecule has 1 aromatic rings. The van der Waals surface area contributed by atoms with Gasteiger partial charge in [0.2, 0.25) is 0 Å². The van der Waals surface area contributed by atoms with Crippen molar-refractivity contribution in [3.8, 4) is 0 Å². The van der Waals surface area contributed by atoms with Crippen LogP contribution in [0.25, 0.3) is 0 Å². The van der Waals surface area contributed by atoms with Gasteiger partial charge in [0.1, 0.15) is 5.82 Å². The van der Waals surface area contributed by atoms with E-state index in [1.807, 2.05) is 6.92 Å². The van der Waals surface area contributed by atoms with Crippen LogP contribution in [-0.4, -0.2) is 11.8 Å². The molecule has 1 aromatic carbocycles. The van der Waals surface area contributed by atoms with E-state index >= 15 is 0 Å². The SMILES string of the molecule is CC1(C(=O)c2ccc(Cl)cc2F)CCCC1N. The van der Waals surface area contributed by atoms with E-state index in [0.29, 0.717) is 5.02 Å². The lowest BCUT2D eigenvalue weighted by Gasteiger charge is -2.27. The molecule has 0 aromatic heterocycles. The van der Waals surface area contributed by atoms with Gasteiger partial charge in [-0.15, -0.1) is 0 Å². The Hall–Kier alpha value is -0.930. The Morgan fingerprint density at radius 3 is 2.82 bits per heavy atom. The summed E-state index contributed by atoms with van der Waals surface area (Å²) in [5, 5.41) is 0.292. The van der Waals surface area contributed by atoms with E-state index in [2.05, 4.69) is 0 Å². The molecule has 2 N–H and O–H groups in total. The molecule has 92 valence electrons. The molecule has 1 aliphatic rings. The van der Waals surface area contributed by atoms with Gasteiger partial charge in [0.25, 0.3) is 0 Å². The van der Waals surface area contributed by atoms with Crippen LogP contribution in [-0.2, 0) is 0 Å². The zero-order valence-electron chi connectivity index (χ0n) is 9.67. The molecule has 0 radical (unpaired) electrons. The van der Waals surface area contributed by atoms with E-state index in [0.717, 1.165) is 19.3 Å². The second kappa shape index (κ2) is 4.39. The minimum absolute atomic E-state index is 0.0919. The number of Topliss-reactive ketones (excluding diaryl/α,β-unsaturated/α-hetero) is 1. The predicted octanol–water partition coefficient (Wildman–Crippen LogP) is 3.18. The quantitative estimate of drug-likeness (QED) is 0.825. The van der Waals surface area contributed by atoms with Crippen molar-refractivity contribution in [2.24, 2.45) is 11.1 Å².